The van der Waals surface area contributed by atoms with E-state index in [1.54, 1.807) is 11.3 Å². The molecule has 0 saturated carbocycles. The zero-order chi connectivity index (χ0) is 10.7. The summed E-state index contributed by atoms with van der Waals surface area (Å²) in [5, 5.41) is 0.657. The molecule has 1 aliphatic heterocycles. The molecule has 1 aliphatic rings. The first-order chi connectivity index (χ1) is 7.24. The van der Waals surface area contributed by atoms with Crippen molar-refractivity contribution in [1.82, 2.24) is 9.88 Å². The SMILES string of the molecule is CC1CN(Cc2cnc(N)s2)CCCO1.Cl. The molecule has 1 aromatic rings. The lowest BCUT2D eigenvalue weighted by molar-refractivity contribution is 0.0669. The normalized spacial score (nSPS) is 22.4. The van der Waals surface area contributed by atoms with E-state index in [9.17, 15) is 0 Å². The minimum atomic E-state index is 0. The van der Waals surface area contributed by atoms with Gasteiger partial charge in [0.2, 0.25) is 0 Å². The van der Waals surface area contributed by atoms with Crippen LogP contribution in [0.2, 0.25) is 0 Å². The molecular weight excluding hydrogens is 246 g/mol. The molecule has 1 atom stereocenters. The highest BCUT2D eigenvalue weighted by Gasteiger charge is 2.15. The van der Waals surface area contributed by atoms with Crippen LogP contribution in [0.1, 0.15) is 18.2 Å². The third-order valence-corrected chi connectivity index (χ3v) is 3.30. The summed E-state index contributed by atoms with van der Waals surface area (Å²) in [5.74, 6) is 0. The van der Waals surface area contributed by atoms with E-state index in [0.717, 1.165) is 32.7 Å². The van der Waals surface area contributed by atoms with Crippen molar-refractivity contribution in [3.05, 3.63) is 11.1 Å². The van der Waals surface area contributed by atoms with Gasteiger partial charge in [-0.2, -0.15) is 0 Å². The van der Waals surface area contributed by atoms with Crippen LogP contribution >= 0.6 is 23.7 Å². The van der Waals surface area contributed by atoms with Crippen molar-refractivity contribution in [3.63, 3.8) is 0 Å². The van der Waals surface area contributed by atoms with Crippen LogP contribution in [0.25, 0.3) is 0 Å². The minimum absolute atomic E-state index is 0. The van der Waals surface area contributed by atoms with Gasteiger partial charge in [0.15, 0.2) is 5.13 Å². The quantitative estimate of drug-likeness (QED) is 0.883. The minimum Gasteiger partial charge on any atom is -0.377 e. The van der Waals surface area contributed by atoms with Gasteiger partial charge in [0.1, 0.15) is 0 Å². The van der Waals surface area contributed by atoms with Crippen LogP contribution in [0.15, 0.2) is 6.20 Å². The van der Waals surface area contributed by atoms with E-state index in [1.807, 2.05) is 6.20 Å². The molecule has 4 nitrogen and oxygen atoms in total. The van der Waals surface area contributed by atoms with E-state index in [2.05, 4.69) is 16.8 Å². The number of nitrogens with two attached hydrogens (primary N) is 1. The van der Waals surface area contributed by atoms with Gasteiger partial charge >= 0.3 is 0 Å². The van der Waals surface area contributed by atoms with Gasteiger partial charge in [-0.3, -0.25) is 4.90 Å². The molecule has 0 radical (unpaired) electrons. The Hall–Kier alpha value is -0.360. The molecule has 0 bridgehead atoms. The highest BCUT2D eigenvalue weighted by molar-refractivity contribution is 7.15. The second-order valence-electron chi connectivity index (χ2n) is 3.93. The molecule has 0 amide bonds. The van der Waals surface area contributed by atoms with E-state index in [-0.39, 0.29) is 12.4 Å². The van der Waals surface area contributed by atoms with E-state index in [0.29, 0.717) is 11.2 Å². The first-order valence-corrected chi connectivity index (χ1v) is 6.10. The van der Waals surface area contributed by atoms with Crippen molar-refractivity contribution < 1.29 is 4.74 Å². The van der Waals surface area contributed by atoms with Crippen LogP contribution in [-0.4, -0.2) is 35.7 Å². The van der Waals surface area contributed by atoms with Gasteiger partial charge in [-0.15, -0.1) is 23.7 Å². The van der Waals surface area contributed by atoms with Crippen LogP contribution in [0, 0.1) is 0 Å². The summed E-state index contributed by atoms with van der Waals surface area (Å²) < 4.78 is 5.60. The number of anilines is 1. The van der Waals surface area contributed by atoms with Gasteiger partial charge < -0.3 is 10.5 Å². The van der Waals surface area contributed by atoms with Crippen molar-refractivity contribution in [3.8, 4) is 0 Å². The summed E-state index contributed by atoms with van der Waals surface area (Å²) in [5.41, 5.74) is 5.61. The van der Waals surface area contributed by atoms with Crippen molar-refractivity contribution >= 4 is 28.9 Å². The van der Waals surface area contributed by atoms with Crippen molar-refractivity contribution in [2.24, 2.45) is 0 Å². The highest BCUT2D eigenvalue weighted by atomic mass is 35.5. The lowest BCUT2D eigenvalue weighted by Crippen LogP contribution is -2.29. The molecule has 16 heavy (non-hydrogen) atoms. The molecule has 1 unspecified atom stereocenters. The highest BCUT2D eigenvalue weighted by Crippen LogP contribution is 2.17. The Morgan fingerprint density at radius 1 is 1.69 bits per heavy atom. The fourth-order valence-electron chi connectivity index (χ4n) is 1.84. The number of nitrogens with zero attached hydrogens (tertiary/aromatic N) is 2. The molecular formula is C10H18ClN3OS. The lowest BCUT2D eigenvalue weighted by atomic mass is 10.3. The average molecular weight is 264 g/mol. The summed E-state index contributed by atoms with van der Waals surface area (Å²) in [7, 11) is 0. The third kappa shape index (κ3) is 3.90. The summed E-state index contributed by atoms with van der Waals surface area (Å²) in [6.07, 6.45) is 3.31. The van der Waals surface area contributed by atoms with Gasteiger partial charge in [-0.05, 0) is 13.3 Å². The Kier molecular flexibility index (Phi) is 5.48. The predicted octanol–water partition coefficient (Wildman–Crippen LogP) is 1.76. The van der Waals surface area contributed by atoms with E-state index < -0.39 is 0 Å². The fraction of sp³-hybridized carbons (Fsp3) is 0.700. The summed E-state index contributed by atoms with van der Waals surface area (Å²) in [6.45, 7) is 6.05. The number of rotatable bonds is 2. The third-order valence-electron chi connectivity index (χ3n) is 2.49. The molecule has 0 aliphatic carbocycles. The van der Waals surface area contributed by atoms with Gasteiger partial charge in [-0.25, -0.2) is 4.98 Å². The van der Waals surface area contributed by atoms with Crippen LogP contribution in [-0.2, 0) is 11.3 Å². The Bertz CT molecular complexity index is 321. The topological polar surface area (TPSA) is 51.4 Å². The maximum Gasteiger partial charge on any atom is 0.180 e. The van der Waals surface area contributed by atoms with Crippen molar-refractivity contribution in [2.75, 3.05) is 25.4 Å². The standard InChI is InChI=1S/C10H17N3OS.ClH/c1-8-6-13(3-2-4-14-8)7-9-5-12-10(11)15-9;/h5,8H,2-4,6-7H2,1H3,(H2,11,12);1H. The molecule has 0 aromatic carbocycles. The smallest absolute Gasteiger partial charge is 0.180 e. The first kappa shape index (κ1) is 13.7. The second kappa shape index (κ2) is 6.39. The van der Waals surface area contributed by atoms with Gasteiger partial charge in [0, 0.05) is 37.3 Å². The van der Waals surface area contributed by atoms with Crippen LogP contribution in [0.5, 0.6) is 0 Å². The Morgan fingerprint density at radius 3 is 3.19 bits per heavy atom. The van der Waals surface area contributed by atoms with Gasteiger partial charge in [0.05, 0.1) is 6.10 Å². The Balaban J connectivity index is 0.00000128. The monoisotopic (exact) mass is 263 g/mol. The van der Waals surface area contributed by atoms with Crippen LogP contribution in [0.4, 0.5) is 5.13 Å². The number of hydrogen-bond acceptors (Lipinski definition) is 5. The largest absolute Gasteiger partial charge is 0.377 e. The average Bonchev–Trinajstić information content (AvgIpc) is 2.46. The number of hydrogen-bond donors (Lipinski definition) is 1. The summed E-state index contributed by atoms with van der Waals surface area (Å²) in [6, 6.07) is 0. The van der Waals surface area contributed by atoms with Crippen molar-refractivity contribution in [2.45, 2.75) is 26.0 Å². The number of halogens is 1. The zero-order valence-corrected chi connectivity index (χ0v) is 11.0. The number of aromatic nitrogens is 1. The molecule has 2 heterocycles. The first-order valence-electron chi connectivity index (χ1n) is 5.28. The summed E-state index contributed by atoms with van der Waals surface area (Å²) in [4.78, 5) is 7.71. The maximum absolute atomic E-state index is 5.61. The molecule has 1 aromatic heterocycles. The molecule has 6 heteroatoms. The Morgan fingerprint density at radius 2 is 2.50 bits per heavy atom. The summed E-state index contributed by atoms with van der Waals surface area (Å²) >= 11 is 1.57. The van der Waals surface area contributed by atoms with Crippen molar-refractivity contribution in [1.29, 1.82) is 0 Å². The van der Waals surface area contributed by atoms with Crippen LogP contribution in [0.3, 0.4) is 0 Å². The van der Waals surface area contributed by atoms with E-state index in [1.165, 1.54) is 4.88 Å². The molecule has 1 saturated heterocycles. The van der Waals surface area contributed by atoms with Gasteiger partial charge in [0.25, 0.3) is 0 Å². The Labute approximate surface area is 106 Å². The molecule has 2 N–H and O–H groups in total. The maximum atomic E-state index is 5.61. The molecule has 0 spiro atoms. The van der Waals surface area contributed by atoms with Crippen LogP contribution < -0.4 is 5.73 Å². The van der Waals surface area contributed by atoms with E-state index >= 15 is 0 Å². The number of thiazole rings is 1. The molecule has 2 rings (SSSR count). The fourth-order valence-corrected chi connectivity index (χ4v) is 2.57. The predicted molar refractivity (Wildman–Crippen MR) is 69.1 cm³/mol. The molecule has 1 fully saturated rings. The van der Waals surface area contributed by atoms with Gasteiger partial charge in [-0.1, -0.05) is 0 Å². The number of nitrogen functional groups attached to an aromatic ring is 1. The lowest BCUT2D eigenvalue weighted by Gasteiger charge is -2.20. The van der Waals surface area contributed by atoms with E-state index in [4.69, 9.17) is 10.5 Å². The molecule has 92 valence electrons. The number of ether oxygens (including phenoxy) is 1. The zero-order valence-electron chi connectivity index (χ0n) is 9.39. The second-order valence-corrected chi connectivity index (χ2v) is 5.08.